The van der Waals surface area contributed by atoms with Crippen LogP contribution in [-0.4, -0.2) is 18.7 Å². The summed E-state index contributed by atoms with van der Waals surface area (Å²) in [7, 11) is 0.0377. The normalized spacial score (nSPS) is 11.7. The van der Waals surface area contributed by atoms with Gasteiger partial charge >= 0.3 is 5.97 Å². The largest absolute Gasteiger partial charge is 0.465 e. The van der Waals surface area contributed by atoms with Crippen LogP contribution in [0.1, 0.15) is 52.9 Å². The summed E-state index contributed by atoms with van der Waals surface area (Å²) in [6.45, 7) is 6.52. The van der Waals surface area contributed by atoms with E-state index in [-0.39, 0.29) is 14.4 Å². The summed E-state index contributed by atoms with van der Waals surface area (Å²) in [5, 5.41) is 0. The zero-order chi connectivity index (χ0) is 12.4. The van der Waals surface area contributed by atoms with Gasteiger partial charge in [0.1, 0.15) is 0 Å². The van der Waals surface area contributed by atoms with Crippen LogP contribution in [0.15, 0.2) is 0 Å². The van der Waals surface area contributed by atoms with Gasteiger partial charge in [-0.1, -0.05) is 33.6 Å². The smallest absolute Gasteiger partial charge is 0.312 e. The van der Waals surface area contributed by atoms with Gasteiger partial charge in [-0.3, -0.25) is 9.36 Å². The first-order valence-corrected chi connectivity index (χ1v) is 7.13. The van der Waals surface area contributed by atoms with Crippen molar-refractivity contribution in [3.8, 4) is 0 Å². The second-order valence-electron chi connectivity index (χ2n) is 4.20. The van der Waals surface area contributed by atoms with E-state index in [4.69, 9.17) is 4.74 Å². The molecule has 0 aliphatic rings. The first-order valence-electron chi connectivity index (χ1n) is 6.13. The summed E-state index contributed by atoms with van der Waals surface area (Å²) in [5.41, 5.74) is -0.526. The van der Waals surface area contributed by atoms with Crippen molar-refractivity contribution in [3.63, 3.8) is 0 Å². The summed E-state index contributed by atoms with van der Waals surface area (Å²) >= 11 is 0. The number of esters is 1. The average molecular weight is 246 g/mol. The van der Waals surface area contributed by atoms with Crippen molar-refractivity contribution in [2.24, 2.45) is 5.41 Å². The molecular weight excluding hydrogens is 223 g/mol. The van der Waals surface area contributed by atoms with Crippen molar-refractivity contribution in [1.29, 1.82) is 0 Å². The number of hydrogen-bond acceptors (Lipinski definition) is 3. The number of ether oxygens (including phenoxy) is 1. The lowest BCUT2D eigenvalue weighted by atomic mass is 9.81. The molecule has 0 unspecified atom stereocenters. The molecule has 0 rings (SSSR count). The number of carbonyl (C=O) groups is 1. The highest BCUT2D eigenvalue weighted by Crippen LogP contribution is 2.34. The molecule has 0 aromatic heterocycles. The fraction of sp³-hybridized carbons (Fsp3) is 0.917. The highest BCUT2D eigenvalue weighted by Gasteiger charge is 2.38. The molecule has 16 heavy (non-hydrogen) atoms. The van der Waals surface area contributed by atoms with Crippen LogP contribution in [0.5, 0.6) is 0 Å². The predicted octanol–water partition coefficient (Wildman–Crippen LogP) is 3.82. The van der Waals surface area contributed by atoms with Crippen LogP contribution >= 0.6 is 8.46 Å². The van der Waals surface area contributed by atoms with Crippen LogP contribution in [0.2, 0.25) is 0 Å². The lowest BCUT2D eigenvalue weighted by Gasteiger charge is -2.28. The molecule has 0 heterocycles. The SMILES string of the molecule is CCCOC(=O)C(CCC)(CCC)CP=O. The number of hydrogen-bond donors (Lipinski definition) is 0. The molecule has 0 bridgehead atoms. The van der Waals surface area contributed by atoms with E-state index in [2.05, 4.69) is 0 Å². The van der Waals surface area contributed by atoms with Gasteiger partial charge in [0.05, 0.1) is 12.0 Å². The summed E-state index contributed by atoms with van der Waals surface area (Å²) < 4.78 is 16.1. The lowest BCUT2D eigenvalue weighted by molar-refractivity contribution is -0.155. The molecule has 0 N–H and O–H groups in total. The van der Waals surface area contributed by atoms with Crippen molar-refractivity contribution < 1.29 is 14.1 Å². The molecule has 4 heteroatoms. The Hall–Kier alpha value is -0.430. The molecule has 94 valence electrons. The van der Waals surface area contributed by atoms with Crippen LogP contribution in [0.25, 0.3) is 0 Å². The van der Waals surface area contributed by atoms with Crippen LogP contribution in [-0.2, 0) is 14.1 Å². The van der Waals surface area contributed by atoms with E-state index in [1.54, 1.807) is 0 Å². The quantitative estimate of drug-likeness (QED) is 0.459. The van der Waals surface area contributed by atoms with Crippen molar-refractivity contribution in [2.45, 2.75) is 52.9 Å². The van der Waals surface area contributed by atoms with Crippen LogP contribution in [0, 0.1) is 5.41 Å². The van der Waals surface area contributed by atoms with Crippen molar-refractivity contribution in [3.05, 3.63) is 0 Å². The fourth-order valence-electron chi connectivity index (χ4n) is 1.98. The topological polar surface area (TPSA) is 43.4 Å². The minimum absolute atomic E-state index is 0.0377. The molecule has 0 saturated carbocycles. The van der Waals surface area contributed by atoms with Crippen molar-refractivity contribution in [1.82, 2.24) is 0 Å². The number of rotatable bonds is 9. The maximum Gasteiger partial charge on any atom is 0.312 e. The Kier molecular flexibility index (Phi) is 8.46. The van der Waals surface area contributed by atoms with Gasteiger partial charge in [-0.2, -0.15) is 0 Å². The molecule has 0 atom stereocenters. The van der Waals surface area contributed by atoms with Crippen LogP contribution in [0.4, 0.5) is 0 Å². The van der Waals surface area contributed by atoms with Gasteiger partial charge in [-0.25, -0.2) is 0 Å². The third-order valence-corrected chi connectivity index (χ3v) is 3.43. The molecule has 0 aliphatic heterocycles. The standard InChI is InChI=1S/C12H23O3P/c1-4-7-12(8-5-2,10-16-14)11(13)15-9-6-3/h4-10H2,1-3H3. The van der Waals surface area contributed by atoms with Crippen molar-refractivity contribution in [2.75, 3.05) is 12.8 Å². The Morgan fingerprint density at radius 1 is 1.12 bits per heavy atom. The zero-order valence-corrected chi connectivity index (χ0v) is 11.5. The molecule has 0 fully saturated rings. The monoisotopic (exact) mass is 246 g/mol. The Balaban J connectivity index is 4.68. The van der Waals surface area contributed by atoms with Gasteiger partial charge in [0.2, 0.25) is 0 Å². The fourth-order valence-corrected chi connectivity index (χ4v) is 2.67. The molecular formula is C12H23O3P. The van der Waals surface area contributed by atoms with Gasteiger partial charge in [-0.05, 0) is 19.3 Å². The third kappa shape index (κ3) is 4.61. The Labute approximate surface area is 100 Å². The summed E-state index contributed by atoms with van der Waals surface area (Å²) in [6, 6.07) is 0. The number of carbonyl (C=O) groups excluding carboxylic acids is 1. The Morgan fingerprint density at radius 3 is 2.06 bits per heavy atom. The minimum Gasteiger partial charge on any atom is -0.465 e. The zero-order valence-electron chi connectivity index (χ0n) is 10.6. The molecule has 0 amide bonds. The lowest BCUT2D eigenvalue weighted by Crippen LogP contribution is -2.35. The first kappa shape index (κ1) is 15.6. The van der Waals surface area contributed by atoms with E-state index < -0.39 is 5.41 Å². The second kappa shape index (κ2) is 8.69. The van der Waals surface area contributed by atoms with E-state index in [1.807, 2.05) is 20.8 Å². The first-order chi connectivity index (χ1) is 7.66. The van der Waals surface area contributed by atoms with E-state index in [0.29, 0.717) is 12.8 Å². The molecule has 0 spiro atoms. The van der Waals surface area contributed by atoms with Crippen LogP contribution < -0.4 is 0 Å². The highest BCUT2D eigenvalue weighted by atomic mass is 31.1. The highest BCUT2D eigenvalue weighted by molar-refractivity contribution is 7.23. The van der Waals surface area contributed by atoms with E-state index >= 15 is 0 Å². The van der Waals surface area contributed by atoms with Gasteiger partial charge in [0.25, 0.3) is 0 Å². The van der Waals surface area contributed by atoms with Crippen molar-refractivity contribution >= 4 is 14.4 Å². The summed E-state index contributed by atoms with van der Waals surface area (Å²) in [4.78, 5) is 12.0. The minimum atomic E-state index is -0.526. The van der Waals surface area contributed by atoms with E-state index in [1.165, 1.54) is 0 Å². The van der Waals surface area contributed by atoms with Gasteiger partial charge in [0.15, 0.2) is 8.46 Å². The van der Waals surface area contributed by atoms with Gasteiger partial charge in [0, 0.05) is 6.16 Å². The molecule has 0 radical (unpaired) electrons. The van der Waals surface area contributed by atoms with E-state index in [0.717, 1.165) is 32.1 Å². The second-order valence-corrected chi connectivity index (χ2v) is 4.78. The molecule has 0 saturated heterocycles. The maximum absolute atomic E-state index is 12.0. The maximum atomic E-state index is 12.0. The molecule has 3 nitrogen and oxygen atoms in total. The summed E-state index contributed by atoms with van der Waals surface area (Å²) in [5.74, 6) is -0.165. The van der Waals surface area contributed by atoms with E-state index in [9.17, 15) is 9.36 Å². The molecule has 0 aromatic rings. The summed E-state index contributed by atoms with van der Waals surface area (Å²) in [6.07, 6.45) is 4.57. The van der Waals surface area contributed by atoms with Crippen LogP contribution in [0.3, 0.4) is 0 Å². The third-order valence-electron chi connectivity index (χ3n) is 2.69. The Morgan fingerprint density at radius 2 is 1.69 bits per heavy atom. The van der Waals surface area contributed by atoms with Gasteiger partial charge < -0.3 is 4.74 Å². The Bertz CT molecular complexity index is 210. The average Bonchev–Trinajstić information content (AvgIpc) is 2.26. The predicted molar refractivity (Wildman–Crippen MR) is 66.0 cm³/mol. The van der Waals surface area contributed by atoms with Gasteiger partial charge in [-0.15, -0.1) is 0 Å². The molecule has 0 aromatic carbocycles. The molecule has 0 aliphatic carbocycles.